The summed E-state index contributed by atoms with van der Waals surface area (Å²) in [6.07, 6.45) is 0.535. The number of rotatable bonds is 0. The van der Waals surface area contributed by atoms with E-state index in [1.54, 1.807) is 0 Å². The minimum absolute atomic E-state index is 0.281. The van der Waals surface area contributed by atoms with Crippen LogP contribution < -0.4 is 5.32 Å². The van der Waals surface area contributed by atoms with Crippen molar-refractivity contribution in [2.24, 2.45) is 0 Å². The molecule has 0 spiro atoms. The molecule has 2 nitrogen and oxygen atoms in total. The van der Waals surface area contributed by atoms with Crippen LogP contribution in [0.2, 0.25) is 0 Å². The first-order valence-electron chi connectivity index (χ1n) is 4.34. The van der Waals surface area contributed by atoms with E-state index < -0.39 is 0 Å². The molecule has 64 valence electrons. The van der Waals surface area contributed by atoms with Crippen LogP contribution in [-0.2, 0) is 6.54 Å². The van der Waals surface area contributed by atoms with Crippen LogP contribution in [0.3, 0.4) is 0 Å². The topological polar surface area (TPSA) is 32.3 Å². The summed E-state index contributed by atoms with van der Waals surface area (Å²) >= 11 is 0. The largest absolute Gasteiger partial charge is 0.388 e. The first-order chi connectivity index (χ1) is 5.88. The zero-order valence-corrected chi connectivity index (χ0v) is 6.96. The molecule has 2 N–H and O–H groups in total. The van der Waals surface area contributed by atoms with Crippen LogP contribution in [0.1, 0.15) is 23.7 Å². The first-order valence-corrected chi connectivity index (χ1v) is 4.34. The Morgan fingerprint density at radius 3 is 3.08 bits per heavy atom. The van der Waals surface area contributed by atoms with Crippen molar-refractivity contribution >= 4 is 0 Å². The third-order valence-electron chi connectivity index (χ3n) is 2.32. The molecule has 1 aliphatic rings. The smallest absolute Gasteiger partial charge is 0.0805 e. The number of hydrogen-bond acceptors (Lipinski definition) is 2. The molecular weight excluding hydrogens is 150 g/mol. The Morgan fingerprint density at radius 1 is 1.33 bits per heavy atom. The van der Waals surface area contributed by atoms with Gasteiger partial charge in [0.2, 0.25) is 0 Å². The van der Waals surface area contributed by atoms with Gasteiger partial charge in [-0.05, 0) is 24.1 Å². The van der Waals surface area contributed by atoms with Gasteiger partial charge in [0, 0.05) is 6.54 Å². The zero-order chi connectivity index (χ0) is 8.39. The minimum atomic E-state index is -0.281. The van der Waals surface area contributed by atoms with Crippen molar-refractivity contribution in [1.29, 1.82) is 0 Å². The molecule has 0 fully saturated rings. The van der Waals surface area contributed by atoms with Crippen LogP contribution in [0.4, 0.5) is 0 Å². The average Bonchev–Trinajstić information content (AvgIpc) is 2.29. The van der Waals surface area contributed by atoms with Gasteiger partial charge < -0.3 is 10.4 Å². The third-order valence-corrected chi connectivity index (χ3v) is 2.32. The molecule has 1 atom stereocenters. The first kappa shape index (κ1) is 7.77. The molecule has 2 heteroatoms. The third kappa shape index (κ3) is 1.36. The highest BCUT2D eigenvalue weighted by molar-refractivity contribution is 5.29. The van der Waals surface area contributed by atoms with Crippen LogP contribution >= 0.6 is 0 Å². The number of aliphatic hydroxyl groups is 1. The summed E-state index contributed by atoms with van der Waals surface area (Å²) in [4.78, 5) is 0. The van der Waals surface area contributed by atoms with Crippen LogP contribution in [0, 0.1) is 0 Å². The SMILES string of the molecule is O[C@@H]1CCNCc2ccccc21. The van der Waals surface area contributed by atoms with Gasteiger partial charge in [0.05, 0.1) is 6.10 Å². The molecule has 0 aromatic heterocycles. The fourth-order valence-electron chi connectivity index (χ4n) is 1.64. The second-order valence-electron chi connectivity index (χ2n) is 3.18. The molecule has 0 unspecified atom stereocenters. The molecule has 0 amide bonds. The quantitative estimate of drug-likeness (QED) is 0.602. The molecule has 12 heavy (non-hydrogen) atoms. The van der Waals surface area contributed by atoms with E-state index in [2.05, 4.69) is 11.4 Å². The Balaban J connectivity index is 2.39. The summed E-state index contributed by atoms with van der Waals surface area (Å²) in [7, 11) is 0. The number of aliphatic hydroxyl groups excluding tert-OH is 1. The summed E-state index contributed by atoms with van der Waals surface area (Å²) in [5.41, 5.74) is 2.31. The summed E-state index contributed by atoms with van der Waals surface area (Å²) in [5.74, 6) is 0. The van der Waals surface area contributed by atoms with Crippen molar-refractivity contribution in [2.75, 3.05) is 6.54 Å². The van der Waals surface area contributed by atoms with E-state index in [9.17, 15) is 5.11 Å². The predicted octanol–water partition coefficient (Wildman–Crippen LogP) is 1.21. The van der Waals surface area contributed by atoms with Crippen LogP contribution in [-0.4, -0.2) is 11.7 Å². The maximum atomic E-state index is 9.70. The van der Waals surface area contributed by atoms with Gasteiger partial charge in [-0.25, -0.2) is 0 Å². The number of nitrogens with one attached hydrogen (secondary N) is 1. The normalized spacial score (nSPS) is 22.9. The molecule has 0 radical (unpaired) electrons. The molecule has 1 aromatic rings. The molecule has 0 aliphatic carbocycles. The lowest BCUT2D eigenvalue weighted by atomic mass is 10.0. The van der Waals surface area contributed by atoms with E-state index in [0.29, 0.717) is 0 Å². The number of hydrogen-bond donors (Lipinski definition) is 2. The van der Waals surface area contributed by atoms with Crippen molar-refractivity contribution in [2.45, 2.75) is 19.1 Å². The van der Waals surface area contributed by atoms with Crippen LogP contribution in [0.5, 0.6) is 0 Å². The lowest BCUT2D eigenvalue weighted by molar-refractivity contribution is 0.170. The van der Waals surface area contributed by atoms with Crippen LogP contribution in [0.15, 0.2) is 24.3 Å². The predicted molar refractivity (Wildman–Crippen MR) is 47.7 cm³/mol. The van der Waals surface area contributed by atoms with Gasteiger partial charge in [-0.3, -0.25) is 0 Å². The fourth-order valence-corrected chi connectivity index (χ4v) is 1.64. The van der Waals surface area contributed by atoms with Gasteiger partial charge in [-0.15, -0.1) is 0 Å². The molecule has 2 rings (SSSR count). The lowest BCUT2D eigenvalue weighted by Crippen LogP contribution is -2.12. The standard InChI is InChI=1S/C10H13NO/c12-10-5-6-11-7-8-3-1-2-4-9(8)10/h1-4,10-12H,5-7H2/t10-/m1/s1. The Labute approximate surface area is 72.2 Å². The van der Waals surface area contributed by atoms with Crippen molar-refractivity contribution < 1.29 is 5.11 Å². The van der Waals surface area contributed by atoms with E-state index in [0.717, 1.165) is 25.1 Å². The number of fused-ring (bicyclic) bond motifs is 1. The van der Waals surface area contributed by atoms with E-state index in [1.807, 2.05) is 18.2 Å². The van der Waals surface area contributed by atoms with Gasteiger partial charge in [0.25, 0.3) is 0 Å². The Bertz CT molecular complexity index is 272. The van der Waals surface area contributed by atoms with Gasteiger partial charge in [-0.2, -0.15) is 0 Å². The molecule has 1 aromatic carbocycles. The van der Waals surface area contributed by atoms with E-state index >= 15 is 0 Å². The summed E-state index contributed by atoms with van der Waals surface area (Å²) in [5, 5.41) is 13.0. The van der Waals surface area contributed by atoms with Gasteiger partial charge >= 0.3 is 0 Å². The molecule has 0 saturated heterocycles. The molecule has 0 saturated carbocycles. The van der Waals surface area contributed by atoms with E-state index in [-0.39, 0.29) is 6.10 Å². The van der Waals surface area contributed by atoms with Crippen molar-refractivity contribution in [1.82, 2.24) is 5.32 Å². The maximum Gasteiger partial charge on any atom is 0.0805 e. The highest BCUT2D eigenvalue weighted by Crippen LogP contribution is 2.22. The second kappa shape index (κ2) is 3.25. The number of benzene rings is 1. The highest BCUT2D eigenvalue weighted by atomic mass is 16.3. The average molecular weight is 163 g/mol. The van der Waals surface area contributed by atoms with Crippen molar-refractivity contribution in [3.05, 3.63) is 35.4 Å². The zero-order valence-electron chi connectivity index (χ0n) is 6.96. The van der Waals surface area contributed by atoms with Crippen LogP contribution in [0.25, 0.3) is 0 Å². The van der Waals surface area contributed by atoms with Crippen molar-refractivity contribution in [3.8, 4) is 0 Å². The van der Waals surface area contributed by atoms with Gasteiger partial charge in [-0.1, -0.05) is 24.3 Å². The summed E-state index contributed by atoms with van der Waals surface area (Å²) < 4.78 is 0. The van der Waals surface area contributed by atoms with Gasteiger partial charge in [0.15, 0.2) is 0 Å². The maximum absolute atomic E-state index is 9.70. The monoisotopic (exact) mass is 163 g/mol. The molecular formula is C10H13NO. The second-order valence-corrected chi connectivity index (χ2v) is 3.18. The molecule has 1 aliphatic heterocycles. The Hall–Kier alpha value is -0.860. The summed E-state index contributed by atoms with van der Waals surface area (Å²) in [6, 6.07) is 8.07. The highest BCUT2D eigenvalue weighted by Gasteiger charge is 2.14. The molecule has 0 bridgehead atoms. The Morgan fingerprint density at radius 2 is 2.17 bits per heavy atom. The lowest BCUT2D eigenvalue weighted by Gasteiger charge is -2.09. The minimum Gasteiger partial charge on any atom is -0.388 e. The van der Waals surface area contributed by atoms with E-state index in [1.165, 1.54) is 5.56 Å². The van der Waals surface area contributed by atoms with Gasteiger partial charge in [0.1, 0.15) is 0 Å². The molecule has 1 heterocycles. The van der Waals surface area contributed by atoms with E-state index in [4.69, 9.17) is 0 Å². The van der Waals surface area contributed by atoms with Crippen molar-refractivity contribution in [3.63, 3.8) is 0 Å². The Kier molecular flexibility index (Phi) is 2.11. The summed E-state index contributed by atoms with van der Waals surface area (Å²) in [6.45, 7) is 1.78. The fraction of sp³-hybridized carbons (Fsp3) is 0.400.